The third kappa shape index (κ3) is 3.27. The molecule has 2 atom stereocenters. The summed E-state index contributed by atoms with van der Waals surface area (Å²) >= 11 is 6.01. The minimum Gasteiger partial charge on any atom is -0.465 e. The van der Waals surface area contributed by atoms with Gasteiger partial charge in [-0.25, -0.2) is 8.42 Å². The van der Waals surface area contributed by atoms with Gasteiger partial charge in [-0.15, -0.1) is 0 Å². The third-order valence-corrected chi connectivity index (χ3v) is 6.81. The molecule has 8 heteroatoms. The van der Waals surface area contributed by atoms with E-state index in [4.69, 9.17) is 21.1 Å². The second-order valence-corrected chi connectivity index (χ2v) is 8.56. The van der Waals surface area contributed by atoms with Crippen molar-refractivity contribution in [2.24, 2.45) is 5.41 Å². The molecule has 0 aliphatic heterocycles. The van der Waals surface area contributed by atoms with E-state index in [0.29, 0.717) is 10.6 Å². The van der Waals surface area contributed by atoms with Crippen LogP contribution in [0, 0.1) is 5.41 Å². The van der Waals surface area contributed by atoms with Gasteiger partial charge < -0.3 is 9.47 Å². The van der Waals surface area contributed by atoms with E-state index in [2.05, 4.69) is 0 Å². The van der Waals surface area contributed by atoms with Crippen LogP contribution in [0.2, 0.25) is 5.02 Å². The molecule has 6 nitrogen and oxygen atoms in total. The Hall–Kier alpha value is -1.60. The van der Waals surface area contributed by atoms with Crippen molar-refractivity contribution in [3.8, 4) is 0 Å². The number of carbonyl (C=O) groups is 2. The van der Waals surface area contributed by atoms with Crippen LogP contribution in [0.15, 0.2) is 24.3 Å². The average molecular weight is 389 g/mol. The number of carbonyl (C=O) groups excluding carboxylic acids is 2. The molecule has 1 fully saturated rings. The molecule has 2 rings (SSSR count). The van der Waals surface area contributed by atoms with Gasteiger partial charge in [0.2, 0.25) is 0 Å². The Morgan fingerprint density at radius 3 is 2.12 bits per heavy atom. The predicted molar refractivity (Wildman–Crippen MR) is 93.1 cm³/mol. The summed E-state index contributed by atoms with van der Waals surface area (Å²) < 4.78 is 35.3. The standard InChI is InChI=1S/C17H21ClO6S/c1-4-23-15(19)17(16(20)24-5-2)13(14(17)25(21,22)6-3)11-8-7-9-12(18)10-11/h7-10,13-14H,4-6H2,1-3H3/t13-,14+/m0/s1. The monoisotopic (exact) mass is 388 g/mol. The van der Waals surface area contributed by atoms with Gasteiger partial charge in [-0.2, -0.15) is 0 Å². The Morgan fingerprint density at radius 2 is 1.68 bits per heavy atom. The molecule has 1 aromatic rings. The van der Waals surface area contributed by atoms with Crippen LogP contribution in [0.25, 0.3) is 0 Å². The van der Waals surface area contributed by atoms with Crippen molar-refractivity contribution in [1.29, 1.82) is 0 Å². The molecule has 138 valence electrons. The Kier molecular flexibility index (Phi) is 5.79. The molecule has 0 aromatic heterocycles. The predicted octanol–water partition coefficient (Wildman–Crippen LogP) is 2.35. The van der Waals surface area contributed by atoms with Gasteiger partial charge in [-0.05, 0) is 31.5 Å². The number of hydrogen-bond acceptors (Lipinski definition) is 6. The van der Waals surface area contributed by atoms with Gasteiger partial charge in [0.1, 0.15) is 0 Å². The number of rotatable bonds is 7. The molecule has 0 spiro atoms. The molecule has 1 aliphatic rings. The molecule has 1 saturated carbocycles. The van der Waals surface area contributed by atoms with Crippen molar-refractivity contribution in [3.05, 3.63) is 34.9 Å². The Balaban J connectivity index is 2.63. The summed E-state index contributed by atoms with van der Waals surface area (Å²) in [6, 6.07) is 6.49. The number of benzene rings is 1. The van der Waals surface area contributed by atoms with Crippen LogP contribution in [0.3, 0.4) is 0 Å². The zero-order valence-corrected chi connectivity index (χ0v) is 15.9. The summed E-state index contributed by atoms with van der Waals surface area (Å²) in [5.41, 5.74) is -1.39. The van der Waals surface area contributed by atoms with Crippen LogP contribution in [0.4, 0.5) is 0 Å². The van der Waals surface area contributed by atoms with Crippen LogP contribution in [-0.2, 0) is 28.9 Å². The van der Waals surface area contributed by atoms with Crippen molar-refractivity contribution in [2.45, 2.75) is 31.9 Å². The summed E-state index contributed by atoms with van der Waals surface area (Å²) in [4.78, 5) is 25.3. The van der Waals surface area contributed by atoms with Gasteiger partial charge in [0.15, 0.2) is 15.3 Å². The van der Waals surface area contributed by atoms with Gasteiger partial charge in [-0.3, -0.25) is 9.59 Å². The first-order chi connectivity index (χ1) is 11.8. The molecule has 0 radical (unpaired) electrons. The Morgan fingerprint density at radius 1 is 1.12 bits per heavy atom. The number of ether oxygens (including phenoxy) is 2. The number of halogens is 1. The average Bonchev–Trinajstić information content (AvgIpc) is 3.28. The molecular weight excluding hydrogens is 368 g/mol. The molecule has 0 amide bonds. The van der Waals surface area contributed by atoms with Crippen molar-refractivity contribution < 1.29 is 27.5 Å². The van der Waals surface area contributed by atoms with E-state index in [0.717, 1.165) is 0 Å². The van der Waals surface area contributed by atoms with E-state index in [1.807, 2.05) is 0 Å². The highest BCUT2D eigenvalue weighted by Crippen LogP contribution is 2.64. The highest BCUT2D eigenvalue weighted by Gasteiger charge is 2.81. The quantitative estimate of drug-likeness (QED) is 0.526. The number of sulfone groups is 1. The maximum absolute atomic E-state index is 12.7. The normalized spacial score (nSPS) is 21.4. The molecule has 0 N–H and O–H groups in total. The minimum absolute atomic E-state index is 0.0289. The fourth-order valence-corrected chi connectivity index (χ4v) is 5.41. The zero-order chi connectivity index (χ0) is 18.8. The van der Waals surface area contributed by atoms with Crippen molar-refractivity contribution in [3.63, 3.8) is 0 Å². The highest BCUT2D eigenvalue weighted by atomic mass is 35.5. The van der Waals surface area contributed by atoms with Gasteiger partial charge >= 0.3 is 11.9 Å². The van der Waals surface area contributed by atoms with E-state index in [-0.39, 0.29) is 19.0 Å². The molecule has 0 bridgehead atoms. The molecule has 1 aromatic carbocycles. The largest absolute Gasteiger partial charge is 0.465 e. The van der Waals surface area contributed by atoms with Crippen LogP contribution >= 0.6 is 11.6 Å². The molecular formula is C17H21ClO6S. The number of hydrogen-bond donors (Lipinski definition) is 0. The van der Waals surface area contributed by atoms with Crippen LogP contribution < -0.4 is 0 Å². The van der Waals surface area contributed by atoms with E-state index in [1.54, 1.807) is 38.1 Å². The van der Waals surface area contributed by atoms with Gasteiger partial charge in [0.05, 0.1) is 18.5 Å². The van der Waals surface area contributed by atoms with Crippen molar-refractivity contribution in [1.82, 2.24) is 0 Å². The number of esters is 2. The molecule has 0 saturated heterocycles. The summed E-state index contributed by atoms with van der Waals surface area (Å²) in [5, 5.41) is -0.833. The topological polar surface area (TPSA) is 86.7 Å². The fourth-order valence-electron chi connectivity index (χ4n) is 3.23. The summed E-state index contributed by atoms with van der Waals surface area (Å²) in [5.74, 6) is -2.83. The smallest absolute Gasteiger partial charge is 0.325 e. The third-order valence-electron chi connectivity index (χ3n) is 4.36. The van der Waals surface area contributed by atoms with Gasteiger partial charge in [-0.1, -0.05) is 30.7 Å². The SMILES string of the molecule is CCOC(=O)C1(C(=O)OCC)[C@H](S(=O)(=O)CC)[C@@H]1c1cccc(Cl)c1. The van der Waals surface area contributed by atoms with E-state index >= 15 is 0 Å². The first-order valence-corrected chi connectivity index (χ1v) is 10.2. The summed E-state index contributed by atoms with van der Waals surface area (Å²) in [6.45, 7) is 4.72. The van der Waals surface area contributed by atoms with E-state index < -0.39 is 38.4 Å². The zero-order valence-electron chi connectivity index (χ0n) is 14.3. The second kappa shape index (κ2) is 7.33. The second-order valence-electron chi connectivity index (χ2n) is 5.71. The lowest BCUT2D eigenvalue weighted by molar-refractivity contribution is -0.164. The lowest BCUT2D eigenvalue weighted by Gasteiger charge is -2.15. The van der Waals surface area contributed by atoms with Crippen LogP contribution in [0.1, 0.15) is 32.3 Å². The van der Waals surface area contributed by atoms with E-state index in [9.17, 15) is 18.0 Å². The summed E-state index contributed by atoms with van der Waals surface area (Å²) in [6.07, 6.45) is 0. The first-order valence-electron chi connectivity index (χ1n) is 8.08. The first kappa shape index (κ1) is 19.7. The fraction of sp³-hybridized carbons (Fsp3) is 0.529. The van der Waals surface area contributed by atoms with E-state index in [1.165, 1.54) is 6.92 Å². The highest BCUT2D eigenvalue weighted by molar-refractivity contribution is 7.92. The van der Waals surface area contributed by atoms with Crippen molar-refractivity contribution in [2.75, 3.05) is 19.0 Å². The maximum Gasteiger partial charge on any atom is 0.325 e. The Labute approximate surface area is 152 Å². The van der Waals surface area contributed by atoms with Gasteiger partial charge in [0.25, 0.3) is 0 Å². The molecule has 1 aliphatic carbocycles. The molecule has 25 heavy (non-hydrogen) atoms. The van der Waals surface area contributed by atoms with Crippen LogP contribution in [-0.4, -0.2) is 44.6 Å². The molecule has 0 unspecified atom stereocenters. The summed E-state index contributed by atoms with van der Waals surface area (Å²) in [7, 11) is -3.71. The lowest BCUT2D eigenvalue weighted by Crippen LogP contribution is -2.36. The van der Waals surface area contributed by atoms with Crippen molar-refractivity contribution >= 4 is 33.4 Å². The maximum atomic E-state index is 12.7. The minimum atomic E-state index is -3.71. The molecule has 0 heterocycles. The Bertz CT molecular complexity index is 755. The van der Waals surface area contributed by atoms with Gasteiger partial charge in [0, 0.05) is 16.7 Å². The lowest BCUT2D eigenvalue weighted by atomic mass is 9.99. The van der Waals surface area contributed by atoms with Crippen LogP contribution in [0.5, 0.6) is 0 Å².